The number of aromatic nitrogens is 2. The molecule has 0 saturated carbocycles. The number of halogens is 3. The van der Waals surface area contributed by atoms with E-state index < -0.39 is 29.0 Å². The number of alkyl halides is 3. The van der Waals surface area contributed by atoms with Crippen LogP contribution < -0.4 is 10.8 Å². The zero-order valence-corrected chi connectivity index (χ0v) is 10.2. The number of rotatable bonds is 2. The number of carbonyl (C=O) groups excluding carboxylic acids is 1. The van der Waals surface area contributed by atoms with Crippen molar-refractivity contribution in [3.05, 3.63) is 35.7 Å². The molecule has 1 aromatic heterocycles. The van der Waals surface area contributed by atoms with E-state index in [2.05, 4.69) is 5.10 Å². The predicted octanol–water partition coefficient (Wildman–Crippen LogP) is 1.05. The van der Waals surface area contributed by atoms with Crippen molar-refractivity contribution in [2.24, 2.45) is 7.05 Å². The van der Waals surface area contributed by atoms with Crippen LogP contribution in [0, 0.1) is 0 Å². The van der Waals surface area contributed by atoms with Crippen LogP contribution in [0.1, 0.15) is 15.9 Å². The highest BCUT2D eigenvalue weighted by Gasteiger charge is 2.34. The number of nitrogen functional groups attached to an aromatic ring is 1. The summed E-state index contributed by atoms with van der Waals surface area (Å²) < 4.78 is 40.3. The van der Waals surface area contributed by atoms with Crippen LogP contribution in [0.4, 0.5) is 18.9 Å². The summed E-state index contributed by atoms with van der Waals surface area (Å²) in [6, 6.07) is 1.44. The summed E-state index contributed by atoms with van der Waals surface area (Å²) in [5.41, 5.74) is 3.16. The van der Waals surface area contributed by atoms with Crippen LogP contribution in [-0.2, 0) is 13.2 Å². The van der Waals surface area contributed by atoms with Crippen molar-refractivity contribution in [2.75, 3.05) is 5.73 Å². The van der Waals surface area contributed by atoms with Crippen molar-refractivity contribution in [2.45, 2.75) is 6.18 Å². The maximum absolute atomic E-state index is 13.0. The second-order valence-corrected chi connectivity index (χ2v) is 4.17. The topological polar surface area (TPSA) is 84.0 Å². The van der Waals surface area contributed by atoms with E-state index in [9.17, 15) is 23.1 Å². The van der Waals surface area contributed by atoms with Crippen LogP contribution in [0.25, 0.3) is 11.1 Å². The lowest BCUT2D eigenvalue weighted by molar-refractivity contribution is -0.254. The lowest BCUT2D eigenvalue weighted by Gasteiger charge is -2.16. The molecule has 2 rings (SSSR count). The molecule has 106 valence electrons. The van der Waals surface area contributed by atoms with Gasteiger partial charge in [-0.1, -0.05) is 0 Å². The average Bonchev–Trinajstić information content (AvgIpc) is 2.73. The number of carboxylic acids is 1. The third kappa shape index (κ3) is 2.44. The summed E-state index contributed by atoms with van der Waals surface area (Å²) in [5.74, 6) is -1.64. The molecule has 8 heteroatoms. The Balaban J connectivity index is 2.75. The highest BCUT2D eigenvalue weighted by Crippen LogP contribution is 2.39. The van der Waals surface area contributed by atoms with Crippen molar-refractivity contribution in [1.82, 2.24) is 9.78 Å². The highest BCUT2D eigenvalue weighted by molar-refractivity contribution is 5.94. The van der Waals surface area contributed by atoms with Crippen LogP contribution in [0.3, 0.4) is 0 Å². The summed E-state index contributed by atoms with van der Waals surface area (Å²) in [4.78, 5) is 10.9. The number of aryl methyl sites for hydroxylation is 1. The van der Waals surface area contributed by atoms with Gasteiger partial charge in [-0.3, -0.25) is 4.68 Å². The smallest absolute Gasteiger partial charge is 0.417 e. The van der Waals surface area contributed by atoms with Crippen LogP contribution in [0.5, 0.6) is 0 Å². The lowest BCUT2D eigenvalue weighted by atomic mass is 9.97. The van der Waals surface area contributed by atoms with Gasteiger partial charge in [-0.2, -0.15) is 18.3 Å². The number of nitrogens with two attached hydrogens (primary N) is 1. The van der Waals surface area contributed by atoms with Gasteiger partial charge in [-0.25, -0.2) is 0 Å². The van der Waals surface area contributed by atoms with E-state index in [1.807, 2.05) is 0 Å². The summed E-state index contributed by atoms with van der Waals surface area (Å²) in [7, 11) is 1.54. The monoisotopic (exact) mass is 284 g/mol. The molecule has 0 spiro atoms. The van der Waals surface area contributed by atoms with E-state index in [1.165, 1.54) is 24.1 Å². The van der Waals surface area contributed by atoms with E-state index >= 15 is 0 Å². The molecule has 0 atom stereocenters. The minimum Gasteiger partial charge on any atom is -0.545 e. The van der Waals surface area contributed by atoms with Gasteiger partial charge < -0.3 is 15.6 Å². The maximum Gasteiger partial charge on any atom is 0.417 e. The summed E-state index contributed by atoms with van der Waals surface area (Å²) in [5, 5.41) is 14.6. The van der Waals surface area contributed by atoms with Gasteiger partial charge in [-0.15, -0.1) is 0 Å². The first-order valence-corrected chi connectivity index (χ1v) is 5.41. The molecule has 0 bridgehead atoms. The summed E-state index contributed by atoms with van der Waals surface area (Å²) in [6.45, 7) is 0. The predicted molar refractivity (Wildman–Crippen MR) is 62.4 cm³/mol. The zero-order chi connectivity index (χ0) is 15.1. The first-order valence-electron chi connectivity index (χ1n) is 5.41. The Bertz CT molecular complexity index is 677. The van der Waals surface area contributed by atoms with Crippen molar-refractivity contribution >= 4 is 11.7 Å². The highest BCUT2D eigenvalue weighted by atomic mass is 19.4. The molecular formula is C12H9F3N3O2-. The fourth-order valence-electron chi connectivity index (χ4n) is 1.83. The number of nitrogens with zero attached hydrogens (tertiary/aromatic N) is 2. The van der Waals surface area contributed by atoms with Crippen molar-refractivity contribution in [3.8, 4) is 11.1 Å². The molecule has 0 aliphatic heterocycles. The molecule has 0 aliphatic carbocycles. The Morgan fingerprint density at radius 2 is 2.05 bits per heavy atom. The molecule has 20 heavy (non-hydrogen) atoms. The minimum atomic E-state index is -4.66. The number of hydrogen-bond acceptors (Lipinski definition) is 4. The Labute approximate surface area is 111 Å². The normalized spacial score (nSPS) is 11.6. The van der Waals surface area contributed by atoms with E-state index in [0.717, 1.165) is 6.07 Å². The van der Waals surface area contributed by atoms with Gasteiger partial charge in [0.05, 0.1) is 17.7 Å². The standard InChI is InChI=1S/C12H10F3N3O2/c1-18-5-6(4-17-18)7-2-8(11(19)20)10(16)3-9(7)12(13,14)15/h2-5H,16H2,1H3,(H,19,20)/p-1. The SMILES string of the molecule is Cn1cc(-c2cc(C(=O)[O-])c(N)cc2C(F)(F)F)cn1. The molecule has 0 amide bonds. The molecule has 1 heterocycles. The number of hydrogen-bond donors (Lipinski definition) is 1. The van der Waals surface area contributed by atoms with Gasteiger partial charge >= 0.3 is 6.18 Å². The Morgan fingerprint density at radius 1 is 1.40 bits per heavy atom. The van der Waals surface area contributed by atoms with Crippen LogP contribution in [-0.4, -0.2) is 15.7 Å². The molecule has 0 saturated heterocycles. The second-order valence-electron chi connectivity index (χ2n) is 4.17. The maximum atomic E-state index is 13.0. The molecule has 5 nitrogen and oxygen atoms in total. The Morgan fingerprint density at radius 3 is 2.50 bits per heavy atom. The van der Waals surface area contributed by atoms with Gasteiger partial charge in [0, 0.05) is 30.1 Å². The molecule has 0 unspecified atom stereocenters. The van der Waals surface area contributed by atoms with Crippen LogP contribution in [0.2, 0.25) is 0 Å². The summed E-state index contributed by atoms with van der Waals surface area (Å²) >= 11 is 0. The summed E-state index contributed by atoms with van der Waals surface area (Å²) in [6.07, 6.45) is -2.11. The van der Waals surface area contributed by atoms with Gasteiger partial charge in [0.15, 0.2) is 0 Å². The molecule has 0 radical (unpaired) electrons. The zero-order valence-electron chi connectivity index (χ0n) is 10.2. The number of carbonyl (C=O) groups is 1. The third-order valence-corrected chi connectivity index (χ3v) is 2.73. The number of benzene rings is 1. The average molecular weight is 284 g/mol. The van der Waals surface area contributed by atoms with Crippen molar-refractivity contribution in [1.29, 1.82) is 0 Å². The molecular weight excluding hydrogens is 275 g/mol. The third-order valence-electron chi connectivity index (χ3n) is 2.73. The van der Waals surface area contributed by atoms with E-state index in [-0.39, 0.29) is 11.1 Å². The van der Waals surface area contributed by atoms with Crippen molar-refractivity contribution in [3.63, 3.8) is 0 Å². The fraction of sp³-hybridized carbons (Fsp3) is 0.167. The van der Waals surface area contributed by atoms with Gasteiger partial charge in [0.2, 0.25) is 0 Å². The van der Waals surface area contributed by atoms with E-state index in [0.29, 0.717) is 6.07 Å². The first-order chi connectivity index (χ1) is 9.20. The van der Waals surface area contributed by atoms with E-state index in [4.69, 9.17) is 5.73 Å². The number of carboxylic acid groups (broad SMARTS) is 1. The first kappa shape index (κ1) is 13.9. The molecule has 0 fully saturated rings. The van der Waals surface area contributed by atoms with Crippen LogP contribution in [0.15, 0.2) is 24.5 Å². The molecule has 2 N–H and O–H groups in total. The molecule has 1 aromatic carbocycles. The fourth-order valence-corrected chi connectivity index (χ4v) is 1.83. The van der Waals surface area contributed by atoms with Crippen LogP contribution >= 0.6 is 0 Å². The van der Waals surface area contributed by atoms with Crippen molar-refractivity contribution < 1.29 is 23.1 Å². The Hall–Kier alpha value is -2.51. The Kier molecular flexibility index (Phi) is 3.16. The quantitative estimate of drug-likeness (QED) is 0.835. The lowest BCUT2D eigenvalue weighted by Crippen LogP contribution is -2.24. The van der Waals surface area contributed by atoms with Gasteiger partial charge in [-0.05, 0) is 17.7 Å². The van der Waals surface area contributed by atoms with Gasteiger partial charge in [0.25, 0.3) is 0 Å². The van der Waals surface area contributed by atoms with E-state index in [1.54, 1.807) is 0 Å². The molecule has 2 aromatic rings. The second kappa shape index (κ2) is 4.55. The minimum absolute atomic E-state index is 0.141. The molecule has 0 aliphatic rings. The number of anilines is 1. The van der Waals surface area contributed by atoms with Gasteiger partial charge in [0.1, 0.15) is 0 Å². The largest absolute Gasteiger partial charge is 0.545 e. The number of aromatic carboxylic acids is 1.